The third kappa shape index (κ3) is 4.44. The third-order valence-electron chi connectivity index (χ3n) is 3.55. The quantitative estimate of drug-likeness (QED) is 0.542. The van der Waals surface area contributed by atoms with Crippen LogP contribution in [-0.2, 0) is 10.0 Å². The lowest BCUT2D eigenvalue weighted by Crippen LogP contribution is -2.43. The van der Waals surface area contributed by atoms with E-state index in [4.69, 9.17) is 5.26 Å². The van der Waals surface area contributed by atoms with Crippen molar-refractivity contribution in [1.29, 1.82) is 5.26 Å². The van der Waals surface area contributed by atoms with E-state index in [0.717, 1.165) is 0 Å². The number of carbonyl (C=O) groups excluding carboxylic acids is 1. The van der Waals surface area contributed by atoms with Gasteiger partial charge in [-0.15, -0.1) is 4.83 Å². The Morgan fingerprint density at radius 3 is 2.58 bits per heavy atom. The zero-order chi connectivity index (χ0) is 19.3. The average Bonchev–Trinajstić information content (AvgIpc) is 2.60. The summed E-state index contributed by atoms with van der Waals surface area (Å²) in [6, 6.07) is 8.07. The second-order valence-electron chi connectivity index (χ2n) is 5.87. The number of hydrazine groups is 1. The minimum Gasteiger partial charge on any atom is -0.272 e. The fourth-order valence-corrected chi connectivity index (χ4v) is 3.17. The van der Waals surface area contributed by atoms with Crippen molar-refractivity contribution in [3.8, 4) is 6.07 Å². The molecule has 2 N–H and O–H groups in total. The first-order valence-corrected chi connectivity index (χ1v) is 9.60. The van der Waals surface area contributed by atoms with E-state index in [1.165, 1.54) is 4.68 Å². The van der Waals surface area contributed by atoms with Crippen molar-refractivity contribution in [2.75, 3.05) is 5.75 Å². The first-order chi connectivity index (χ1) is 12.3. The van der Waals surface area contributed by atoms with Gasteiger partial charge in [-0.3, -0.25) is 15.0 Å². The maximum atomic E-state index is 12.5. The van der Waals surface area contributed by atoms with Gasteiger partial charge < -0.3 is 0 Å². The standard InChI is InChI=1S/C16H19N5O4S/c1-11(2)21-16(23)13-8-4-3-7-12(13)14(19-21)15(22)18-20-26(24,25)10-6-5-9-17/h3-4,7-8,11,20H,5-6,10H2,1-2H3,(H,18,22). The molecule has 9 nitrogen and oxygen atoms in total. The lowest BCUT2D eigenvalue weighted by Gasteiger charge is -2.13. The topological polar surface area (TPSA) is 134 Å². The van der Waals surface area contributed by atoms with Crippen LogP contribution in [0.15, 0.2) is 29.1 Å². The van der Waals surface area contributed by atoms with Gasteiger partial charge in [0.05, 0.1) is 23.3 Å². The fourth-order valence-electron chi connectivity index (χ4n) is 2.30. The van der Waals surface area contributed by atoms with Crippen LogP contribution in [0.2, 0.25) is 0 Å². The van der Waals surface area contributed by atoms with Gasteiger partial charge in [0, 0.05) is 11.8 Å². The molecule has 1 aromatic heterocycles. The molecule has 0 saturated carbocycles. The van der Waals surface area contributed by atoms with Crippen molar-refractivity contribution in [3.05, 3.63) is 40.3 Å². The fraction of sp³-hybridized carbons (Fsp3) is 0.375. The Hall–Kier alpha value is -2.77. The van der Waals surface area contributed by atoms with E-state index in [9.17, 15) is 18.0 Å². The summed E-state index contributed by atoms with van der Waals surface area (Å²) in [6.45, 7) is 3.51. The number of carbonyl (C=O) groups is 1. The highest BCUT2D eigenvalue weighted by atomic mass is 32.2. The summed E-state index contributed by atoms with van der Waals surface area (Å²) < 4.78 is 24.8. The second-order valence-corrected chi connectivity index (χ2v) is 7.72. The van der Waals surface area contributed by atoms with Gasteiger partial charge in [0.25, 0.3) is 11.5 Å². The molecule has 10 heteroatoms. The highest BCUT2D eigenvalue weighted by molar-refractivity contribution is 7.89. The summed E-state index contributed by atoms with van der Waals surface area (Å²) in [5.74, 6) is -1.07. The molecule has 0 radical (unpaired) electrons. The summed E-state index contributed by atoms with van der Waals surface area (Å²) in [7, 11) is -3.77. The van der Waals surface area contributed by atoms with Gasteiger partial charge in [-0.25, -0.2) is 13.1 Å². The van der Waals surface area contributed by atoms with Crippen molar-refractivity contribution < 1.29 is 13.2 Å². The zero-order valence-corrected chi connectivity index (χ0v) is 15.2. The second kappa shape index (κ2) is 8.07. The van der Waals surface area contributed by atoms with E-state index < -0.39 is 15.9 Å². The SMILES string of the molecule is CC(C)n1nc(C(=O)NNS(=O)(=O)CCCC#N)c2ccccc2c1=O. The summed E-state index contributed by atoms with van der Waals surface area (Å²) in [5, 5.41) is 13.2. The molecule has 0 spiro atoms. The number of nitrogens with zero attached hydrogens (tertiary/aromatic N) is 3. The number of amides is 1. The largest absolute Gasteiger partial charge is 0.287 e. The van der Waals surface area contributed by atoms with E-state index in [-0.39, 0.29) is 35.9 Å². The maximum absolute atomic E-state index is 12.5. The van der Waals surface area contributed by atoms with Crippen LogP contribution in [0.3, 0.4) is 0 Å². The van der Waals surface area contributed by atoms with Gasteiger partial charge in [0.15, 0.2) is 5.69 Å². The molecular formula is C16H19N5O4S. The van der Waals surface area contributed by atoms with Crippen LogP contribution < -0.4 is 15.8 Å². The molecule has 0 aliphatic carbocycles. The lowest BCUT2D eigenvalue weighted by molar-refractivity contribution is 0.0939. The molecular weight excluding hydrogens is 358 g/mol. The molecule has 138 valence electrons. The molecule has 0 aliphatic heterocycles. The molecule has 26 heavy (non-hydrogen) atoms. The number of hydrogen-bond acceptors (Lipinski definition) is 6. The Balaban J connectivity index is 2.32. The van der Waals surface area contributed by atoms with E-state index in [2.05, 4.69) is 10.5 Å². The van der Waals surface area contributed by atoms with Gasteiger partial charge in [-0.05, 0) is 26.3 Å². The van der Waals surface area contributed by atoms with Gasteiger partial charge in [0.1, 0.15) is 0 Å². The number of sulfonamides is 1. The number of benzene rings is 1. The van der Waals surface area contributed by atoms with E-state index >= 15 is 0 Å². The predicted molar refractivity (Wildman–Crippen MR) is 95.6 cm³/mol. The molecule has 0 fully saturated rings. The Morgan fingerprint density at radius 2 is 1.96 bits per heavy atom. The minimum atomic E-state index is -3.77. The number of unbranched alkanes of at least 4 members (excludes halogenated alkanes) is 1. The van der Waals surface area contributed by atoms with Crippen LogP contribution in [0.5, 0.6) is 0 Å². The lowest BCUT2D eigenvalue weighted by atomic mass is 10.1. The number of fused-ring (bicyclic) bond motifs is 1. The molecule has 2 aromatic rings. The zero-order valence-electron chi connectivity index (χ0n) is 14.4. The normalized spacial score (nSPS) is 11.5. The van der Waals surface area contributed by atoms with Crippen molar-refractivity contribution in [2.45, 2.75) is 32.7 Å². The van der Waals surface area contributed by atoms with Crippen LogP contribution in [0.1, 0.15) is 43.2 Å². The monoisotopic (exact) mass is 377 g/mol. The maximum Gasteiger partial charge on any atom is 0.287 e. The molecule has 0 saturated heterocycles. The molecule has 0 bridgehead atoms. The molecule has 1 heterocycles. The first-order valence-electron chi connectivity index (χ1n) is 7.95. The third-order valence-corrected chi connectivity index (χ3v) is 4.79. The molecule has 0 atom stereocenters. The number of nitrogens with one attached hydrogen (secondary N) is 2. The van der Waals surface area contributed by atoms with Crippen LogP contribution in [-0.4, -0.2) is 29.9 Å². The van der Waals surface area contributed by atoms with Crippen LogP contribution in [0.25, 0.3) is 10.8 Å². The van der Waals surface area contributed by atoms with Gasteiger partial charge in [-0.2, -0.15) is 10.4 Å². The summed E-state index contributed by atoms with van der Waals surface area (Å²) >= 11 is 0. The van der Waals surface area contributed by atoms with Crippen molar-refractivity contribution in [1.82, 2.24) is 20.0 Å². The summed E-state index contributed by atoms with van der Waals surface area (Å²) in [4.78, 5) is 26.9. The predicted octanol–water partition coefficient (Wildman–Crippen LogP) is 0.845. The number of aromatic nitrogens is 2. The first kappa shape index (κ1) is 19.6. The molecule has 0 unspecified atom stereocenters. The van der Waals surface area contributed by atoms with Crippen LogP contribution >= 0.6 is 0 Å². The van der Waals surface area contributed by atoms with E-state index in [1.54, 1.807) is 38.1 Å². The van der Waals surface area contributed by atoms with Crippen molar-refractivity contribution >= 4 is 26.7 Å². The van der Waals surface area contributed by atoms with Crippen LogP contribution in [0, 0.1) is 11.3 Å². The van der Waals surface area contributed by atoms with Gasteiger partial charge in [0.2, 0.25) is 10.0 Å². The highest BCUT2D eigenvalue weighted by Crippen LogP contribution is 2.14. The smallest absolute Gasteiger partial charge is 0.272 e. The Bertz CT molecular complexity index is 1020. The Kier molecular flexibility index (Phi) is 6.07. The van der Waals surface area contributed by atoms with E-state index in [0.29, 0.717) is 10.8 Å². The van der Waals surface area contributed by atoms with Crippen molar-refractivity contribution in [3.63, 3.8) is 0 Å². The van der Waals surface area contributed by atoms with Gasteiger partial charge in [-0.1, -0.05) is 18.2 Å². The molecule has 2 rings (SSSR count). The van der Waals surface area contributed by atoms with Crippen molar-refractivity contribution in [2.24, 2.45) is 0 Å². The number of rotatable bonds is 7. The summed E-state index contributed by atoms with van der Waals surface area (Å²) in [6.07, 6.45) is 0.252. The van der Waals surface area contributed by atoms with E-state index in [1.807, 2.05) is 10.9 Å². The minimum absolute atomic E-state index is 0.0615. The highest BCUT2D eigenvalue weighted by Gasteiger charge is 2.19. The Morgan fingerprint density at radius 1 is 1.31 bits per heavy atom. The summed E-state index contributed by atoms with van der Waals surface area (Å²) in [5.41, 5.74) is 1.72. The number of nitriles is 1. The average molecular weight is 377 g/mol. The Labute approximate surface area is 150 Å². The molecule has 1 amide bonds. The number of hydrogen-bond donors (Lipinski definition) is 2. The van der Waals surface area contributed by atoms with Gasteiger partial charge >= 0.3 is 0 Å². The van der Waals surface area contributed by atoms with Crippen LogP contribution in [0.4, 0.5) is 0 Å². The molecule has 0 aliphatic rings. The molecule has 1 aromatic carbocycles.